The van der Waals surface area contributed by atoms with Crippen molar-refractivity contribution in [2.45, 2.75) is 12.8 Å². The number of hydrogen-bond acceptors (Lipinski definition) is 3. The molecule has 2 rings (SSSR count). The molecule has 1 saturated heterocycles. The summed E-state index contributed by atoms with van der Waals surface area (Å²) in [6.07, 6.45) is 2.29. The number of benzene rings is 1. The van der Waals surface area contributed by atoms with Gasteiger partial charge in [-0.3, -0.25) is 4.79 Å². The van der Waals surface area contributed by atoms with Gasteiger partial charge in [-0.15, -0.1) is 0 Å². The summed E-state index contributed by atoms with van der Waals surface area (Å²) >= 11 is 0. The monoisotopic (exact) mass is 262 g/mol. The van der Waals surface area contributed by atoms with Crippen LogP contribution >= 0.6 is 0 Å². The lowest BCUT2D eigenvalue weighted by molar-refractivity contribution is 0.0747. The van der Waals surface area contributed by atoms with Crippen molar-refractivity contribution >= 4 is 5.91 Å². The molecule has 1 heterocycles. The average molecular weight is 262 g/mol. The molecule has 19 heavy (non-hydrogen) atoms. The molecule has 0 saturated carbocycles. The number of phenols is 1. The van der Waals surface area contributed by atoms with Crippen LogP contribution in [0.2, 0.25) is 0 Å². The first-order chi connectivity index (χ1) is 9.06. The molecule has 104 valence electrons. The Bertz CT molecular complexity index is 440. The lowest BCUT2D eigenvalue weighted by atomic mass is 9.96. The average Bonchev–Trinajstić information content (AvgIpc) is 2.40. The third kappa shape index (κ3) is 3.70. The molecule has 1 fully saturated rings. The first-order valence-corrected chi connectivity index (χ1v) is 6.79. The largest absolute Gasteiger partial charge is 0.508 e. The minimum atomic E-state index is -0.0187. The second-order valence-corrected chi connectivity index (χ2v) is 5.48. The molecular weight excluding hydrogens is 240 g/mol. The van der Waals surface area contributed by atoms with Gasteiger partial charge in [-0.05, 0) is 57.1 Å². The fourth-order valence-corrected chi connectivity index (χ4v) is 2.57. The van der Waals surface area contributed by atoms with Crippen LogP contribution in [0.4, 0.5) is 0 Å². The van der Waals surface area contributed by atoms with Gasteiger partial charge < -0.3 is 14.9 Å². The van der Waals surface area contributed by atoms with E-state index in [-0.39, 0.29) is 11.7 Å². The standard InChI is InChI=1S/C15H22N2O2/c1-16-8-6-12(7-9-16)11-17(2)15(19)13-4-3-5-14(18)10-13/h3-5,10,12,18H,6-9,11H2,1-2H3. The smallest absolute Gasteiger partial charge is 0.253 e. The van der Waals surface area contributed by atoms with Gasteiger partial charge in [0.2, 0.25) is 0 Å². The molecular formula is C15H22N2O2. The fraction of sp³-hybridized carbons (Fsp3) is 0.533. The van der Waals surface area contributed by atoms with Crippen molar-refractivity contribution in [2.24, 2.45) is 5.92 Å². The van der Waals surface area contributed by atoms with Crippen molar-refractivity contribution in [3.05, 3.63) is 29.8 Å². The van der Waals surface area contributed by atoms with Gasteiger partial charge in [0.05, 0.1) is 0 Å². The molecule has 4 nitrogen and oxygen atoms in total. The van der Waals surface area contributed by atoms with Crippen molar-refractivity contribution < 1.29 is 9.90 Å². The van der Waals surface area contributed by atoms with E-state index in [0.717, 1.165) is 32.5 Å². The van der Waals surface area contributed by atoms with Crippen LogP contribution in [0.1, 0.15) is 23.2 Å². The van der Waals surface area contributed by atoms with Gasteiger partial charge in [-0.25, -0.2) is 0 Å². The van der Waals surface area contributed by atoms with Gasteiger partial charge in [-0.2, -0.15) is 0 Å². The Balaban J connectivity index is 1.92. The van der Waals surface area contributed by atoms with Gasteiger partial charge >= 0.3 is 0 Å². The van der Waals surface area contributed by atoms with Crippen LogP contribution in [0.3, 0.4) is 0 Å². The summed E-state index contributed by atoms with van der Waals surface area (Å²) in [6.45, 7) is 3.01. The van der Waals surface area contributed by atoms with Crippen molar-refractivity contribution in [1.82, 2.24) is 9.80 Å². The van der Waals surface area contributed by atoms with E-state index < -0.39 is 0 Å². The molecule has 0 spiro atoms. The number of rotatable bonds is 3. The van der Waals surface area contributed by atoms with Crippen LogP contribution in [-0.4, -0.2) is 54.5 Å². The lowest BCUT2D eigenvalue weighted by Crippen LogP contribution is -2.37. The summed E-state index contributed by atoms with van der Waals surface area (Å²) in [5, 5.41) is 9.42. The summed E-state index contributed by atoms with van der Waals surface area (Å²) in [5.74, 6) is 0.704. The number of carbonyl (C=O) groups excluding carboxylic acids is 1. The van der Waals surface area contributed by atoms with Crippen LogP contribution in [-0.2, 0) is 0 Å². The van der Waals surface area contributed by atoms with E-state index in [2.05, 4.69) is 11.9 Å². The Morgan fingerprint density at radius 2 is 2.11 bits per heavy atom. The minimum absolute atomic E-state index is 0.0187. The first-order valence-electron chi connectivity index (χ1n) is 6.79. The van der Waals surface area contributed by atoms with Crippen molar-refractivity contribution in [2.75, 3.05) is 33.7 Å². The number of piperidine rings is 1. The summed E-state index contributed by atoms with van der Waals surface area (Å²) in [5.41, 5.74) is 0.551. The lowest BCUT2D eigenvalue weighted by Gasteiger charge is -2.31. The van der Waals surface area contributed by atoms with E-state index in [9.17, 15) is 9.90 Å². The topological polar surface area (TPSA) is 43.8 Å². The van der Waals surface area contributed by atoms with Crippen LogP contribution in [0.5, 0.6) is 5.75 Å². The Morgan fingerprint density at radius 1 is 1.42 bits per heavy atom. The highest BCUT2D eigenvalue weighted by Crippen LogP contribution is 2.18. The van der Waals surface area contributed by atoms with Gasteiger partial charge in [0, 0.05) is 19.2 Å². The summed E-state index contributed by atoms with van der Waals surface area (Å²) < 4.78 is 0. The maximum absolute atomic E-state index is 12.2. The Labute approximate surface area is 114 Å². The number of nitrogens with zero attached hydrogens (tertiary/aromatic N) is 2. The predicted molar refractivity (Wildman–Crippen MR) is 75.3 cm³/mol. The van der Waals surface area contributed by atoms with Gasteiger partial charge in [-0.1, -0.05) is 6.07 Å². The highest BCUT2D eigenvalue weighted by Gasteiger charge is 2.21. The zero-order valence-corrected chi connectivity index (χ0v) is 11.7. The molecule has 0 aliphatic carbocycles. The number of aromatic hydroxyl groups is 1. The number of carbonyl (C=O) groups is 1. The third-order valence-corrected chi connectivity index (χ3v) is 3.81. The van der Waals surface area contributed by atoms with Gasteiger partial charge in [0.25, 0.3) is 5.91 Å². The molecule has 0 radical (unpaired) electrons. The maximum atomic E-state index is 12.2. The van der Waals surface area contributed by atoms with Crippen molar-refractivity contribution in [1.29, 1.82) is 0 Å². The Hall–Kier alpha value is -1.55. The van der Waals surface area contributed by atoms with E-state index in [4.69, 9.17) is 0 Å². The van der Waals surface area contributed by atoms with Gasteiger partial charge in [0.15, 0.2) is 0 Å². The number of phenolic OH excluding ortho intramolecular Hbond substituents is 1. The highest BCUT2D eigenvalue weighted by atomic mass is 16.3. The van der Waals surface area contributed by atoms with Crippen LogP contribution in [0, 0.1) is 5.92 Å². The summed E-state index contributed by atoms with van der Waals surface area (Å²) in [6, 6.07) is 6.54. The molecule has 1 aromatic carbocycles. The van der Waals surface area contributed by atoms with Crippen LogP contribution in [0.25, 0.3) is 0 Å². The minimum Gasteiger partial charge on any atom is -0.508 e. The van der Waals surface area contributed by atoms with Crippen molar-refractivity contribution in [3.8, 4) is 5.75 Å². The molecule has 1 aliphatic heterocycles. The predicted octanol–water partition coefficient (Wildman–Crippen LogP) is 1.81. The molecule has 1 amide bonds. The van der Waals surface area contributed by atoms with E-state index in [0.29, 0.717) is 11.5 Å². The number of amides is 1. The van der Waals surface area contributed by atoms with E-state index in [1.54, 1.807) is 23.1 Å². The Kier molecular flexibility index (Phi) is 4.43. The van der Waals surface area contributed by atoms with E-state index in [1.165, 1.54) is 6.07 Å². The van der Waals surface area contributed by atoms with E-state index in [1.807, 2.05) is 7.05 Å². The highest BCUT2D eigenvalue weighted by molar-refractivity contribution is 5.94. The van der Waals surface area contributed by atoms with E-state index >= 15 is 0 Å². The first kappa shape index (κ1) is 13.9. The molecule has 0 aromatic heterocycles. The zero-order valence-electron chi connectivity index (χ0n) is 11.7. The molecule has 0 unspecified atom stereocenters. The molecule has 0 atom stereocenters. The molecule has 1 N–H and O–H groups in total. The molecule has 4 heteroatoms. The zero-order chi connectivity index (χ0) is 13.8. The summed E-state index contributed by atoms with van der Waals surface area (Å²) in [7, 11) is 3.97. The molecule has 1 aromatic rings. The second kappa shape index (κ2) is 6.06. The number of hydrogen-bond donors (Lipinski definition) is 1. The quantitative estimate of drug-likeness (QED) is 0.903. The Morgan fingerprint density at radius 3 is 2.74 bits per heavy atom. The van der Waals surface area contributed by atoms with Crippen molar-refractivity contribution in [3.63, 3.8) is 0 Å². The van der Waals surface area contributed by atoms with Crippen LogP contribution < -0.4 is 0 Å². The normalized spacial score (nSPS) is 17.4. The molecule has 0 bridgehead atoms. The summed E-state index contributed by atoms with van der Waals surface area (Å²) in [4.78, 5) is 16.3. The number of likely N-dealkylation sites (tertiary alicyclic amines) is 1. The fourth-order valence-electron chi connectivity index (χ4n) is 2.57. The van der Waals surface area contributed by atoms with Crippen LogP contribution in [0.15, 0.2) is 24.3 Å². The SMILES string of the molecule is CN1CCC(CN(C)C(=O)c2cccc(O)c2)CC1. The molecule has 1 aliphatic rings. The second-order valence-electron chi connectivity index (χ2n) is 5.48. The third-order valence-electron chi connectivity index (χ3n) is 3.81. The maximum Gasteiger partial charge on any atom is 0.253 e. The van der Waals surface area contributed by atoms with Gasteiger partial charge in [0.1, 0.15) is 5.75 Å².